The van der Waals surface area contributed by atoms with E-state index in [1.807, 2.05) is 6.92 Å². The van der Waals surface area contributed by atoms with Crippen LogP contribution in [0, 0.1) is 11.7 Å². The molecule has 60 heavy (non-hydrogen) atoms. The van der Waals surface area contributed by atoms with Gasteiger partial charge in [0.25, 0.3) is 15.9 Å². The number of fused-ring (bicyclic) bond motifs is 3. The minimum Gasteiger partial charge on any atom is -0.444 e. The summed E-state index contributed by atoms with van der Waals surface area (Å²) in [6.45, 7) is 6.12. The predicted molar refractivity (Wildman–Crippen MR) is 218 cm³/mol. The van der Waals surface area contributed by atoms with Crippen molar-refractivity contribution in [2.75, 3.05) is 18.4 Å². The van der Waals surface area contributed by atoms with Crippen LogP contribution < -0.4 is 20.7 Å². The summed E-state index contributed by atoms with van der Waals surface area (Å²) in [7, 11) is -4.41. The average molecular weight is 851 g/mol. The van der Waals surface area contributed by atoms with Crippen LogP contribution in [0.5, 0.6) is 0 Å². The Bertz CT molecular complexity index is 2110. The van der Waals surface area contributed by atoms with Crippen LogP contribution >= 0.6 is 0 Å². The van der Waals surface area contributed by atoms with E-state index in [0.717, 1.165) is 51.4 Å². The zero-order valence-corrected chi connectivity index (χ0v) is 34.8. The fraction of sp³-hybridized carbons (Fsp3) is 0.558. The van der Waals surface area contributed by atoms with E-state index in [-0.39, 0.29) is 43.8 Å². The highest BCUT2D eigenvalue weighted by molar-refractivity contribution is 7.90. The summed E-state index contributed by atoms with van der Waals surface area (Å²) in [4.78, 5) is 72.0. The SMILES string of the molecule is C=C[C@H]1C[C@]12NC(=O)[C@@H]1C[C@@H](OC(=O)N3Cc4cccc(F)c4C3)CN1C(=O)CC(NC(=O)OC1(C)CCCC1)CCCCCCCNc1ccccc1S(=O)(=O)NC2=O. The summed E-state index contributed by atoms with van der Waals surface area (Å²) in [5.74, 6) is -3.26. The number of alkyl carbamates (subject to hydrolysis) is 1. The van der Waals surface area contributed by atoms with Crippen LogP contribution in [0.25, 0.3) is 0 Å². The number of benzene rings is 2. The van der Waals surface area contributed by atoms with Crippen molar-refractivity contribution in [1.82, 2.24) is 25.2 Å². The van der Waals surface area contributed by atoms with E-state index in [1.165, 1.54) is 28.0 Å². The monoisotopic (exact) mass is 850 g/mol. The van der Waals surface area contributed by atoms with Gasteiger partial charge >= 0.3 is 12.2 Å². The number of halogens is 1. The van der Waals surface area contributed by atoms with Crippen LogP contribution in [-0.4, -0.2) is 90.5 Å². The first-order chi connectivity index (χ1) is 28.7. The zero-order valence-electron chi connectivity index (χ0n) is 34.0. The molecule has 17 heteroatoms. The van der Waals surface area contributed by atoms with Crippen molar-refractivity contribution in [1.29, 1.82) is 0 Å². The number of nitrogens with one attached hydrogen (secondary N) is 4. The lowest BCUT2D eigenvalue weighted by Gasteiger charge is -2.29. The molecule has 4 N–H and O–H groups in total. The number of hydrogen-bond acceptors (Lipinski definition) is 10. The molecule has 1 spiro atoms. The molecule has 5 aliphatic rings. The lowest BCUT2D eigenvalue weighted by Crippen LogP contribution is -2.56. The van der Waals surface area contributed by atoms with Crippen molar-refractivity contribution in [2.45, 2.75) is 138 Å². The Morgan fingerprint density at radius 2 is 1.73 bits per heavy atom. The van der Waals surface area contributed by atoms with Gasteiger partial charge < -0.3 is 30.3 Å². The number of amides is 5. The third-order valence-corrected chi connectivity index (χ3v) is 14.0. The summed E-state index contributed by atoms with van der Waals surface area (Å²) >= 11 is 0. The molecule has 0 aromatic heterocycles. The quantitative estimate of drug-likeness (QED) is 0.290. The van der Waals surface area contributed by atoms with Gasteiger partial charge in [-0.2, -0.15) is 0 Å². The Hall–Kier alpha value is -5.19. The Morgan fingerprint density at radius 1 is 0.983 bits per heavy atom. The molecule has 5 amide bonds. The Labute approximate surface area is 350 Å². The molecule has 15 nitrogen and oxygen atoms in total. The number of carbonyl (C=O) groups excluding carboxylic acids is 5. The van der Waals surface area contributed by atoms with Crippen molar-refractivity contribution in [3.05, 3.63) is 72.1 Å². The van der Waals surface area contributed by atoms with Crippen LogP contribution in [0.3, 0.4) is 0 Å². The van der Waals surface area contributed by atoms with E-state index in [4.69, 9.17) is 9.47 Å². The van der Waals surface area contributed by atoms with Gasteiger partial charge in [0.05, 0.1) is 18.8 Å². The van der Waals surface area contributed by atoms with E-state index in [9.17, 15) is 36.8 Å². The standard InChI is InChI=1S/C43H55FN6O9S/c1-3-29-24-43(29)39(53)48-60(56,57)36-18-9-8-17-34(36)45-21-12-6-4-5-7-15-30(46-40(54)59-42(2)19-10-11-20-42)22-37(51)50-26-31(23-35(50)38(52)47-43)58-41(55)49-25-28-14-13-16-33(44)32(28)27-49/h3,8-9,13-14,16-18,29-31,35,45H,1,4-7,10-12,15,19-27H2,2H3,(H,46,54)(H,47,52)(H,48,53)/t29-,30?,31+,35-,43-/m0/s1. The average Bonchev–Trinajstić information content (AvgIpc) is 3.53. The van der Waals surface area contributed by atoms with Gasteiger partial charge in [-0.05, 0) is 75.6 Å². The summed E-state index contributed by atoms with van der Waals surface area (Å²) in [6, 6.07) is 9.01. The van der Waals surface area contributed by atoms with E-state index in [0.29, 0.717) is 36.2 Å². The molecule has 5 atom stereocenters. The first-order valence-corrected chi connectivity index (χ1v) is 22.5. The maximum absolute atomic E-state index is 14.5. The van der Waals surface area contributed by atoms with E-state index >= 15 is 0 Å². The van der Waals surface area contributed by atoms with E-state index < -0.39 is 81.0 Å². The van der Waals surface area contributed by atoms with Gasteiger partial charge in [-0.15, -0.1) is 6.58 Å². The molecule has 3 heterocycles. The minimum atomic E-state index is -4.41. The van der Waals surface area contributed by atoms with Crippen molar-refractivity contribution in [2.24, 2.45) is 5.92 Å². The second kappa shape index (κ2) is 17.8. The van der Waals surface area contributed by atoms with Crippen LogP contribution in [0.1, 0.15) is 102 Å². The second-order valence-electron chi connectivity index (χ2n) is 17.0. The molecule has 0 radical (unpaired) electrons. The number of sulfonamides is 1. The largest absolute Gasteiger partial charge is 0.444 e. The van der Waals surface area contributed by atoms with Gasteiger partial charge in [0.15, 0.2) is 0 Å². The minimum absolute atomic E-state index is 0.00731. The molecule has 1 unspecified atom stereocenters. The Balaban J connectivity index is 1.14. The van der Waals surface area contributed by atoms with E-state index in [2.05, 4.69) is 27.3 Å². The van der Waals surface area contributed by atoms with Gasteiger partial charge in [0.1, 0.15) is 34.0 Å². The van der Waals surface area contributed by atoms with Gasteiger partial charge in [-0.25, -0.2) is 27.1 Å². The third kappa shape index (κ3) is 9.55. The van der Waals surface area contributed by atoms with Crippen molar-refractivity contribution >= 4 is 45.6 Å². The van der Waals surface area contributed by atoms with Crippen LogP contribution in [-0.2, 0) is 47.0 Å². The van der Waals surface area contributed by atoms with Crippen molar-refractivity contribution in [3.63, 3.8) is 0 Å². The van der Waals surface area contributed by atoms with E-state index in [1.54, 1.807) is 30.3 Å². The van der Waals surface area contributed by atoms with Gasteiger partial charge in [0.2, 0.25) is 11.8 Å². The summed E-state index contributed by atoms with van der Waals surface area (Å²) in [6.07, 6.45) is 6.64. The molecule has 2 aromatic rings. The number of nitrogens with zero attached hydrogens (tertiary/aromatic N) is 2. The summed E-state index contributed by atoms with van der Waals surface area (Å²) in [5, 5.41) is 8.87. The number of para-hydroxylation sites is 1. The molecule has 2 aromatic carbocycles. The number of hydrogen-bond donors (Lipinski definition) is 4. The highest BCUT2D eigenvalue weighted by atomic mass is 32.2. The Kier molecular flexibility index (Phi) is 12.7. The van der Waals surface area contributed by atoms with Crippen molar-refractivity contribution < 1.29 is 46.3 Å². The molecule has 7 rings (SSSR count). The van der Waals surface area contributed by atoms with Crippen molar-refractivity contribution in [3.8, 4) is 0 Å². The lowest BCUT2D eigenvalue weighted by molar-refractivity contribution is -0.140. The number of rotatable bonds is 4. The van der Waals surface area contributed by atoms with Gasteiger partial charge in [-0.3, -0.25) is 19.3 Å². The molecular formula is C43H55FN6O9S. The first-order valence-electron chi connectivity index (χ1n) is 21.1. The lowest BCUT2D eigenvalue weighted by atomic mass is 10.0. The third-order valence-electron chi connectivity index (χ3n) is 12.6. The smallest absolute Gasteiger partial charge is 0.410 e. The molecule has 1 saturated heterocycles. The normalized spacial score (nSPS) is 28.1. The van der Waals surface area contributed by atoms with Crippen LogP contribution in [0.2, 0.25) is 0 Å². The first kappa shape index (κ1) is 42.9. The topological polar surface area (TPSA) is 193 Å². The predicted octanol–water partition coefficient (Wildman–Crippen LogP) is 5.40. The zero-order chi connectivity index (χ0) is 42.7. The van der Waals surface area contributed by atoms with Crippen LogP contribution in [0.15, 0.2) is 60.0 Å². The second-order valence-corrected chi connectivity index (χ2v) is 18.7. The fourth-order valence-corrected chi connectivity index (χ4v) is 10.3. The highest BCUT2D eigenvalue weighted by Crippen LogP contribution is 2.45. The maximum Gasteiger partial charge on any atom is 0.410 e. The molecule has 2 saturated carbocycles. The Morgan fingerprint density at radius 3 is 2.48 bits per heavy atom. The molecule has 3 aliphatic heterocycles. The molecule has 3 fully saturated rings. The summed E-state index contributed by atoms with van der Waals surface area (Å²) < 4.78 is 55.9. The molecular weight excluding hydrogens is 796 g/mol. The number of carbonyl (C=O) groups is 5. The number of ether oxygens (including phenoxy) is 2. The maximum atomic E-state index is 14.5. The number of anilines is 1. The highest BCUT2D eigenvalue weighted by Gasteiger charge is 2.61. The molecule has 0 bridgehead atoms. The van der Waals surface area contributed by atoms with Crippen LogP contribution in [0.4, 0.5) is 19.7 Å². The molecule has 2 aliphatic carbocycles. The van der Waals surface area contributed by atoms with Gasteiger partial charge in [-0.1, -0.05) is 56.0 Å². The summed E-state index contributed by atoms with van der Waals surface area (Å²) in [5.41, 5.74) is -0.923. The molecule has 324 valence electrons. The van der Waals surface area contributed by atoms with Gasteiger partial charge in [0, 0.05) is 43.5 Å². The fourth-order valence-electron chi connectivity index (χ4n) is 9.05.